The number of aliphatic carboxylic acids is 1. The number of hydrogen-bond donors (Lipinski definition) is 2. The summed E-state index contributed by atoms with van der Waals surface area (Å²) in [5.74, 6) is -2.22. The van der Waals surface area contributed by atoms with Crippen molar-refractivity contribution in [2.24, 2.45) is 5.92 Å². The molecule has 1 amide bonds. The number of rotatable bonds is 5. The second kappa shape index (κ2) is 5.83. The Bertz CT molecular complexity index is 594. The van der Waals surface area contributed by atoms with Crippen molar-refractivity contribution < 1.29 is 23.1 Å². The molecule has 0 aliphatic rings. The van der Waals surface area contributed by atoms with Crippen LogP contribution in [0.3, 0.4) is 0 Å². The van der Waals surface area contributed by atoms with Gasteiger partial charge in [-0.3, -0.25) is 9.59 Å². The Balaban J connectivity index is 2.81. The van der Waals surface area contributed by atoms with Gasteiger partial charge in [-0.1, -0.05) is 13.0 Å². The smallest absolute Gasteiger partial charge is 0.308 e. The number of nitrogens with one attached hydrogen (secondary N) is 1. The van der Waals surface area contributed by atoms with Crippen LogP contribution in [0.15, 0.2) is 29.2 Å². The summed E-state index contributed by atoms with van der Waals surface area (Å²) in [6.07, 6.45) is 1.05. The predicted molar refractivity (Wildman–Crippen MR) is 68.7 cm³/mol. The average molecular weight is 285 g/mol. The largest absolute Gasteiger partial charge is 0.481 e. The second-order valence-corrected chi connectivity index (χ2v) is 6.27. The molecule has 1 rings (SSSR count). The molecule has 0 aliphatic heterocycles. The number of sulfone groups is 1. The summed E-state index contributed by atoms with van der Waals surface area (Å²) in [6.45, 7) is 1.45. The van der Waals surface area contributed by atoms with Gasteiger partial charge in [-0.15, -0.1) is 0 Å². The van der Waals surface area contributed by atoms with Gasteiger partial charge in [0.1, 0.15) is 0 Å². The molecule has 1 unspecified atom stereocenters. The molecule has 0 spiro atoms. The third-order valence-electron chi connectivity index (χ3n) is 2.51. The predicted octanol–water partition coefficient (Wildman–Crippen LogP) is 0.541. The van der Waals surface area contributed by atoms with E-state index in [1.165, 1.54) is 31.2 Å². The first-order valence-electron chi connectivity index (χ1n) is 5.53. The first kappa shape index (κ1) is 15.2. The van der Waals surface area contributed by atoms with Crippen LogP contribution in [0.5, 0.6) is 0 Å². The molecule has 19 heavy (non-hydrogen) atoms. The van der Waals surface area contributed by atoms with E-state index in [1.807, 2.05) is 0 Å². The summed E-state index contributed by atoms with van der Waals surface area (Å²) in [4.78, 5) is 22.4. The van der Waals surface area contributed by atoms with Crippen LogP contribution in [0.4, 0.5) is 0 Å². The number of benzene rings is 1. The molecule has 104 valence electrons. The van der Waals surface area contributed by atoms with Crippen molar-refractivity contribution in [2.75, 3.05) is 12.8 Å². The highest BCUT2D eigenvalue weighted by atomic mass is 32.2. The molecule has 1 aromatic carbocycles. The Morgan fingerprint density at radius 3 is 2.53 bits per heavy atom. The molecule has 0 heterocycles. The highest BCUT2D eigenvalue weighted by molar-refractivity contribution is 7.90. The second-order valence-electron chi connectivity index (χ2n) is 4.25. The summed E-state index contributed by atoms with van der Waals surface area (Å²) < 4.78 is 22.7. The van der Waals surface area contributed by atoms with Crippen LogP contribution in [0.2, 0.25) is 0 Å². The minimum atomic E-state index is -3.38. The van der Waals surface area contributed by atoms with Crippen molar-refractivity contribution in [1.82, 2.24) is 5.32 Å². The van der Waals surface area contributed by atoms with Crippen LogP contribution < -0.4 is 5.32 Å². The number of carbonyl (C=O) groups is 2. The fraction of sp³-hybridized carbons (Fsp3) is 0.333. The van der Waals surface area contributed by atoms with Gasteiger partial charge in [0.2, 0.25) is 0 Å². The lowest BCUT2D eigenvalue weighted by Gasteiger charge is -2.09. The minimum Gasteiger partial charge on any atom is -0.481 e. The number of carboxylic acid groups (broad SMARTS) is 1. The molecular formula is C12H15NO5S. The Labute approximate surface area is 111 Å². The molecule has 0 saturated carbocycles. The van der Waals surface area contributed by atoms with E-state index in [1.54, 1.807) is 0 Å². The summed E-state index contributed by atoms with van der Waals surface area (Å²) in [5.41, 5.74) is 0.181. The van der Waals surface area contributed by atoms with Crippen molar-refractivity contribution in [3.63, 3.8) is 0 Å². The summed E-state index contributed by atoms with van der Waals surface area (Å²) in [6, 6.07) is 5.59. The van der Waals surface area contributed by atoms with E-state index in [4.69, 9.17) is 5.11 Å². The van der Waals surface area contributed by atoms with Gasteiger partial charge in [0, 0.05) is 18.4 Å². The molecule has 7 heteroatoms. The summed E-state index contributed by atoms with van der Waals surface area (Å²) in [5, 5.41) is 11.1. The SMILES string of the molecule is CC(CNC(=O)c1cccc(S(C)(=O)=O)c1)C(=O)O. The lowest BCUT2D eigenvalue weighted by atomic mass is 10.1. The number of amides is 1. The Kier molecular flexibility index (Phi) is 4.66. The zero-order valence-electron chi connectivity index (χ0n) is 10.6. The van der Waals surface area contributed by atoms with Gasteiger partial charge in [0.15, 0.2) is 9.84 Å². The summed E-state index contributed by atoms with van der Waals surface area (Å²) >= 11 is 0. The normalized spacial score (nSPS) is 12.7. The van der Waals surface area contributed by atoms with Gasteiger partial charge < -0.3 is 10.4 Å². The Hall–Kier alpha value is -1.89. The lowest BCUT2D eigenvalue weighted by molar-refractivity contribution is -0.140. The zero-order valence-corrected chi connectivity index (χ0v) is 11.4. The Morgan fingerprint density at radius 1 is 1.37 bits per heavy atom. The van der Waals surface area contributed by atoms with Gasteiger partial charge in [0.05, 0.1) is 10.8 Å². The molecule has 0 saturated heterocycles. The first-order chi connectivity index (χ1) is 8.71. The van der Waals surface area contributed by atoms with Crippen LogP contribution in [-0.2, 0) is 14.6 Å². The van der Waals surface area contributed by atoms with Crippen molar-refractivity contribution in [1.29, 1.82) is 0 Å². The maximum Gasteiger partial charge on any atom is 0.308 e. The van der Waals surface area contributed by atoms with Crippen molar-refractivity contribution >= 4 is 21.7 Å². The topological polar surface area (TPSA) is 101 Å². The van der Waals surface area contributed by atoms with Gasteiger partial charge in [-0.05, 0) is 18.2 Å². The van der Waals surface area contributed by atoms with Crippen LogP contribution >= 0.6 is 0 Å². The van der Waals surface area contributed by atoms with Crippen LogP contribution in [0, 0.1) is 5.92 Å². The fourth-order valence-electron chi connectivity index (χ4n) is 1.30. The van der Waals surface area contributed by atoms with Crippen LogP contribution in [0.1, 0.15) is 17.3 Å². The number of hydrogen-bond acceptors (Lipinski definition) is 4. The molecule has 1 atom stereocenters. The highest BCUT2D eigenvalue weighted by Gasteiger charge is 2.14. The van der Waals surface area contributed by atoms with E-state index >= 15 is 0 Å². The lowest BCUT2D eigenvalue weighted by Crippen LogP contribution is -2.31. The van der Waals surface area contributed by atoms with Gasteiger partial charge >= 0.3 is 5.97 Å². The zero-order chi connectivity index (χ0) is 14.6. The Morgan fingerprint density at radius 2 is 2.00 bits per heavy atom. The quantitative estimate of drug-likeness (QED) is 0.822. The molecule has 1 aromatic rings. The molecule has 0 radical (unpaired) electrons. The van der Waals surface area contributed by atoms with Crippen molar-refractivity contribution in [2.45, 2.75) is 11.8 Å². The van der Waals surface area contributed by atoms with E-state index in [2.05, 4.69) is 5.32 Å². The van der Waals surface area contributed by atoms with E-state index in [-0.39, 0.29) is 17.0 Å². The molecule has 6 nitrogen and oxygen atoms in total. The van der Waals surface area contributed by atoms with E-state index in [0.29, 0.717) is 0 Å². The monoisotopic (exact) mass is 285 g/mol. The molecular weight excluding hydrogens is 270 g/mol. The van der Waals surface area contributed by atoms with E-state index in [9.17, 15) is 18.0 Å². The third-order valence-corrected chi connectivity index (χ3v) is 3.62. The summed E-state index contributed by atoms with van der Waals surface area (Å²) in [7, 11) is -3.38. The van der Waals surface area contributed by atoms with E-state index < -0.39 is 27.6 Å². The maximum absolute atomic E-state index is 11.8. The third kappa shape index (κ3) is 4.36. The number of carbonyl (C=O) groups excluding carboxylic acids is 1. The number of carboxylic acids is 1. The highest BCUT2D eigenvalue weighted by Crippen LogP contribution is 2.11. The van der Waals surface area contributed by atoms with Crippen LogP contribution in [-0.4, -0.2) is 38.2 Å². The van der Waals surface area contributed by atoms with Gasteiger partial charge in [-0.2, -0.15) is 0 Å². The molecule has 0 aromatic heterocycles. The molecule has 0 aliphatic carbocycles. The average Bonchev–Trinajstić information content (AvgIpc) is 2.34. The first-order valence-corrected chi connectivity index (χ1v) is 7.42. The molecule has 2 N–H and O–H groups in total. The molecule has 0 bridgehead atoms. The minimum absolute atomic E-state index is 0.0166. The standard InChI is InChI=1S/C12H15NO5S/c1-8(12(15)16)7-13-11(14)9-4-3-5-10(6-9)19(2,17)18/h3-6,8H,7H2,1-2H3,(H,13,14)(H,15,16). The van der Waals surface area contributed by atoms with Gasteiger partial charge in [-0.25, -0.2) is 8.42 Å². The maximum atomic E-state index is 11.8. The van der Waals surface area contributed by atoms with Crippen LogP contribution in [0.25, 0.3) is 0 Å². The molecule has 0 fully saturated rings. The van der Waals surface area contributed by atoms with E-state index in [0.717, 1.165) is 6.26 Å². The van der Waals surface area contributed by atoms with Crippen molar-refractivity contribution in [3.05, 3.63) is 29.8 Å². The van der Waals surface area contributed by atoms with Crippen molar-refractivity contribution in [3.8, 4) is 0 Å². The van der Waals surface area contributed by atoms with Gasteiger partial charge in [0.25, 0.3) is 5.91 Å². The fourth-order valence-corrected chi connectivity index (χ4v) is 1.97.